The van der Waals surface area contributed by atoms with E-state index in [-0.39, 0.29) is 39.8 Å². The first kappa shape index (κ1) is 36.6. The molecule has 0 heterocycles. The molecule has 0 rings (SSSR count). The monoisotopic (exact) mass is 152 g/mol. The van der Waals surface area contributed by atoms with Gasteiger partial charge in [-0.15, -0.1) is 0 Å². The number of carbonyl (C=O) groups is 1. The normalized spacial score (nSPS) is 3.78. The van der Waals surface area contributed by atoms with Gasteiger partial charge in [0, 0.05) is 6.92 Å². The standard InChI is InChI=1S/C3H6O2.Al.3H2O/c1-3(4)5-2;;;;/h1-2H3;;3*1H2/q;+3;;;/p-3. The predicted molar refractivity (Wildman–Crippen MR) is 29.3 cm³/mol. The van der Waals surface area contributed by atoms with Gasteiger partial charge in [0.1, 0.15) is 0 Å². The van der Waals surface area contributed by atoms with Crippen molar-refractivity contribution in [2.75, 3.05) is 7.11 Å². The van der Waals surface area contributed by atoms with Crippen molar-refractivity contribution in [3.8, 4) is 0 Å². The third-order valence-electron chi connectivity index (χ3n) is 0.287. The summed E-state index contributed by atoms with van der Waals surface area (Å²) in [7, 11) is 1.35. The van der Waals surface area contributed by atoms with Crippen molar-refractivity contribution in [3.63, 3.8) is 0 Å². The van der Waals surface area contributed by atoms with Crippen molar-refractivity contribution in [1.82, 2.24) is 0 Å². The summed E-state index contributed by atoms with van der Waals surface area (Å²) >= 11 is 0. The summed E-state index contributed by atoms with van der Waals surface area (Å²) in [6.45, 7) is 1.36. The summed E-state index contributed by atoms with van der Waals surface area (Å²) in [6.07, 6.45) is 0. The molecule has 0 radical (unpaired) electrons. The molecule has 6 heteroatoms. The first-order valence-corrected chi connectivity index (χ1v) is 1.32. The summed E-state index contributed by atoms with van der Waals surface area (Å²) in [5, 5.41) is 0. The van der Waals surface area contributed by atoms with E-state index in [0.29, 0.717) is 0 Å². The molecule has 0 aromatic rings. The van der Waals surface area contributed by atoms with E-state index in [2.05, 4.69) is 4.74 Å². The molecule has 0 saturated heterocycles. The zero-order valence-corrected chi connectivity index (χ0v) is 6.39. The Kier molecular flexibility index (Phi) is 101. The van der Waals surface area contributed by atoms with Gasteiger partial charge in [0.25, 0.3) is 0 Å². The van der Waals surface area contributed by atoms with Crippen LogP contribution in [0.5, 0.6) is 0 Å². The Labute approximate surface area is 64.1 Å². The van der Waals surface area contributed by atoms with Gasteiger partial charge in [0.15, 0.2) is 0 Å². The Morgan fingerprint density at radius 2 is 1.33 bits per heavy atom. The SMILES string of the molecule is COC(C)=O.[Al+3].[OH-].[OH-].[OH-]. The molecule has 0 fully saturated rings. The Balaban J connectivity index is -0.0000000133. The quantitative estimate of drug-likeness (QED) is 0.335. The van der Waals surface area contributed by atoms with Gasteiger partial charge in [0.05, 0.1) is 7.11 Å². The molecule has 0 unspecified atom stereocenters. The zero-order chi connectivity index (χ0) is 4.28. The minimum Gasteiger partial charge on any atom is -0.870 e. The van der Waals surface area contributed by atoms with Crippen LogP contribution >= 0.6 is 0 Å². The van der Waals surface area contributed by atoms with E-state index >= 15 is 0 Å². The molecule has 5 nitrogen and oxygen atoms in total. The molecule has 0 amide bonds. The van der Waals surface area contributed by atoms with E-state index in [4.69, 9.17) is 0 Å². The molecular weight excluding hydrogens is 143 g/mol. The number of hydrogen-bond donors (Lipinski definition) is 0. The van der Waals surface area contributed by atoms with E-state index < -0.39 is 0 Å². The summed E-state index contributed by atoms with van der Waals surface area (Å²) in [5.41, 5.74) is 0. The largest absolute Gasteiger partial charge is 3.00 e. The average molecular weight is 152 g/mol. The molecule has 9 heavy (non-hydrogen) atoms. The third kappa shape index (κ3) is 77.0. The van der Waals surface area contributed by atoms with Crippen LogP contribution in [0.4, 0.5) is 0 Å². The van der Waals surface area contributed by atoms with Crippen LogP contribution in [0, 0.1) is 0 Å². The van der Waals surface area contributed by atoms with Crippen LogP contribution in [0.3, 0.4) is 0 Å². The third-order valence-corrected chi connectivity index (χ3v) is 0.287. The maximum Gasteiger partial charge on any atom is 3.00 e. The second kappa shape index (κ2) is 24.8. The molecule has 54 valence electrons. The van der Waals surface area contributed by atoms with Crippen LogP contribution in [0.15, 0.2) is 0 Å². The van der Waals surface area contributed by atoms with Crippen LogP contribution < -0.4 is 0 Å². The molecule has 0 aromatic heterocycles. The number of carbonyl (C=O) groups excluding carboxylic acids is 1. The predicted octanol–water partition coefficient (Wildman–Crippen LogP) is -0.732. The van der Waals surface area contributed by atoms with Gasteiger partial charge in [-0.05, 0) is 0 Å². The van der Waals surface area contributed by atoms with E-state index in [1.165, 1.54) is 14.0 Å². The number of esters is 1. The fourth-order valence-electron chi connectivity index (χ4n) is 0. The van der Waals surface area contributed by atoms with Gasteiger partial charge in [0.2, 0.25) is 0 Å². The van der Waals surface area contributed by atoms with Crippen molar-refractivity contribution in [3.05, 3.63) is 0 Å². The summed E-state index contributed by atoms with van der Waals surface area (Å²) in [6, 6.07) is 0. The van der Waals surface area contributed by atoms with Gasteiger partial charge >= 0.3 is 23.3 Å². The fourth-order valence-corrected chi connectivity index (χ4v) is 0. The summed E-state index contributed by atoms with van der Waals surface area (Å²) < 4.78 is 4.11. The van der Waals surface area contributed by atoms with Gasteiger partial charge in [-0.3, -0.25) is 4.79 Å². The van der Waals surface area contributed by atoms with Crippen LogP contribution in [0.2, 0.25) is 0 Å². The zero-order valence-electron chi connectivity index (χ0n) is 5.24. The minimum absolute atomic E-state index is 0. The minimum atomic E-state index is -0.245. The van der Waals surface area contributed by atoms with Gasteiger partial charge < -0.3 is 21.2 Å². The molecule has 3 N–H and O–H groups in total. The number of hydrogen-bond acceptors (Lipinski definition) is 5. The Bertz CT molecular complexity index is 47.5. The first-order chi connectivity index (χ1) is 2.27. The van der Waals surface area contributed by atoms with Crippen molar-refractivity contribution >= 4 is 23.3 Å². The first-order valence-electron chi connectivity index (χ1n) is 1.32. The molecule has 0 atom stereocenters. The molecule has 0 bridgehead atoms. The molecule has 0 aliphatic rings. The average Bonchev–Trinajstić information content (AvgIpc) is 1.38. The maximum atomic E-state index is 9.59. The van der Waals surface area contributed by atoms with Crippen LogP contribution in [0.25, 0.3) is 0 Å². The second-order valence-corrected chi connectivity index (χ2v) is 0.696. The smallest absolute Gasteiger partial charge is 0.870 e. The van der Waals surface area contributed by atoms with Gasteiger partial charge in [-0.2, -0.15) is 0 Å². The Morgan fingerprint density at radius 1 is 1.22 bits per heavy atom. The maximum absolute atomic E-state index is 9.59. The second-order valence-electron chi connectivity index (χ2n) is 0.696. The van der Waals surface area contributed by atoms with Crippen molar-refractivity contribution in [1.29, 1.82) is 0 Å². The van der Waals surface area contributed by atoms with Crippen LogP contribution in [-0.2, 0) is 9.53 Å². The molecule has 0 saturated carbocycles. The Morgan fingerprint density at radius 3 is 1.33 bits per heavy atom. The van der Waals surface area contributed by atoms with E-state index in [1.807, 2.05) is 0 Å². The summed E-state index contributed by atoms with van der Waals surface area (Å²) in [5.74, 6) is -0.245. The molecule has 0 aliphatic heterocycles. The number of methoxy groups -OCH3 is 1. The van der Waals surface area contributed by atoms with E-state index in [0.717, 1.165) is 0 Å². The number of ether oxygens (including phenoxy) is 1. The molecule has 0 aromatic carbocycles. The van der Waals surface area contributed by atoms with Crippen molar-refractivity contribution < 1.29 is 26.0 Å². The van der Waals surface area contributed by atoms with E-state index in [9.17, 15) is 4.79 Å². The molecular formula is C3H9AlO5. The molecule has 0 spiro atoms. The topological polar surface area (TPSA) is 116 Å². The van der Waals surface area contributed by atoms with Gasteiger partial charge in [-0.25, -0.2) is 0 Å². The number of rotatable bonds is 0. The van der Waals surface area contributed by atoms with Gasteiger partial charge in [-0.1, -0.05) is 0 Å². The summed E-state index contributed by atoms with van der Waals surface area (Å²) in [4.78, 5) is 9.59. The van der Waals surface area contributed by atoms with Crippen molar-refractivity contribution in [2.24, 2.45) is 0 Å². The van der Waals surface area contributed by atoms with Crippen LogP contribution in [0.1, 0.15) is 6.92 Å². The molecule has 0 aliphatic carbocycles. The van der Waals surface area contributed by atoms with Crippen LogP contribution in [-0.4, -0.2) is 46.9 Å². The Hall–Kier alpha value is -0.118. The fraction of sp³-hybridized carbons (Fsp3) is 0.667. The van der Waals surface area contributed by atoms with E-state index in [1.54, 1.807) is 0 Å². The van der Waals surface area contributed by atoms with Crippen molar-refractivity contribution in [2.45, 2.75) is 6.92 Å².